The van der Waals surface area contributed by atoms with Crippen molar-refractivity contribution in [1.29, 1.82) is 0 Å². The maximum atomic E-state index is 11.6. The Hall–Kier alpha value is -1.56. The summed E-state index contributed by atoms with van der Waals surface area (Å²) in [5, 5.41) is 3.00. The van der Waals surface area contributed by atoms with E-state index in [-0.39, 0.29) is 10.8 Å². The van der Waals surface area contributed by atoms with Crippen molar-refractivity contribution in [2.75, 3.05) is 13.1 Å². The number of carbonyl (C=O) groups excluding carboxylic acids is 1. The molecule has 0 aromatic heterocycles. The quantitative estimate of drug-likeness (QED) is 0.383. The zero-order valence-electron chi connectivity index (χ0n) is 21.6. The Morgan fingerprint density at radius 3 is 2.16 bits per heavy atom. The molecule has 1 heterocycles. The number of amides is 1. The van der Waals surface area contributed by atoms with Crippen LogP contribution in [-0.4, -0.2) is 43.5 Å². The Kier molecular flexibility index (Phi) is 7.70. The number of ether oxygens (including phenoxy) is 1. The smallest absolute Gasteiger partial charge is 0.294 e. The van der Waals surface area contributed by atoms with Crippen LogP contribution in [0.4, 0.5) is 0 Å². The van der Waals surface area contributed by atoms with Gasteiger partial charge in [-0.1, -0.05) is 17.7 Å². The second-order valence-corrected chi connectivity index (χ2v) is 13.2. The Labute approximate surface area is 219 Å². The van der Waals surface area contributed by atoms with Gasteiger partial charge < -0.3 is 15.8 Å². The highest BCUT2D eigenvalue weighted by Crippen LogP contribution is 2.63. The Morgan fingerprint density at radius 2 is 1.62 bits per heavy atom. The van der Waals surface area contributed by atoms with E-state index < -0.39 is 21.7 Å². The van der Waals surface area contributed by atoms with Gasteiger partial charge in [-0.3, -0.25) is 9.35 Å². The average molecular weight is 537 g/mol. The van der Waals surface area contributed by atoms with E-state index >= 15 is 0 Å². The number of hydrogen-bond donors (Lipinski definition) is 3. The molecule has 37 heavy (non-hydrogen) atoms. The first-order valence-electron chi connectivity index (χ1n) is 13.7. The second kappa shape index (κ2) is 10.5. The largest absolute Gasteiger partial charge is 0.356 e. The highest BCUT2D eigenvalue weighted by Gasteiger charge is 2.66. The molecule has 1 amide bonds. The molecule has 1 aromatic rings. The first-order valence-corrected chi connectivity index (χ1v) is 15.1. The number of benzene rings is 1. The molecule has 6 aliphatic rings. The van der Waals surface area contributed by atoms with Gasteiger partial charge in [-0.25, -0.2) is 0 Å². The van der Waals surface area contributed by atoms with Gasteiger partial charge in [-0.15, -0.1) is 0 Å². The summed E-state index contributed by atoms with van der Waals surface area (Å²) in [6, 6.07) is 5.99. The van der Waals surface area contributed by atoms with E-state index in [1.807, 2.05) is 6.92 Å². The number of hydrogen-bond acceptors (Lipinski definition) is 7. The molecule has 2 spiro atoms. The van der Waals surface area contributed by atoms with Crippen LogP contribution < -0.4 is 11.1 Å². The van der Waals surface area contributed by atoms with Gasteiger partial charge in [-0.2, -0.15) is 18.2 Å². The van der Waals surface area contributed by atoms with Gasteiger partial charge in [0.15, 0.2) is 0 Å². The van der Waals surface area contributed by atoms with Crippen LogP contribution in [0.15, 0.2) is 29.2 Å². The lowest BCUT2D eigenvalue weighted by atomic mass is 9.53. The minimum Gasteiger partial charge on any atom is -0.356 e. The molecule has 4 N–H and O–H groups in total. The topological polar surface area (TPSA) is 137 Å². The minimum atomic E-state index is -4.02. The standard InChI is InChI=1S/C20H32N2O4.C7H8O3S/c21-6-3-18(23)22-12-13-1-4-19(5-2-13)24-20(26-25-19)16-8-14-7-15(10-16)11-17(20)9-14;1-6-2-4-7(5-3-6)11(8,9)10/h13-17H,1-12,21H2,(H,22,23);2-5H,1H3,(H,8,9,10). The molecule has 4 bridgehead atoms. The number of nitrogens with one attached hydrogen (secondary N) is 1. The predicted molar refractivity (Wildman–Crippen MR) is 135 cm³/mol. The first-order chi connectivity index (χ1) is 17.6. The van der Waals surface area contributed by atoms with Crippen LogP contribution in [0.1, 0.15) is 69.8 Å². The maximum Gasteiger partial charge on any atom is 0.294 e. The third-order valence-corrected chi connectivity index (χ3v) is 9.96. The van der Waals surface area contributed by atoms with Crippen LogP contribution in [0, 0.1) is 36.5 Å². The lowest BCUT2D eigenvalue weighted by Crippen LogP contribution is -2.59. The number of rotatable bonds is 5. The molecule has 7 rings (SSSR count). The molecule has 5 aliphatic carbocycles. The van der Waals surface area contributed by atoms with Gasteiger partial charge in [-0.05, 0) is 81.8 Å². The van der Waals surface area contributed by atoms with Crippen molar-refractivity contribution in [3.63, 3.8) is 0 Å². The molecule has 0 atom stereocenters. The SMILES string of the molecule is Cc1ccc(S(=O)(=O)O)cc1.NCCC(=O)NCC1CCC2(CC1)OOC1(O2)C2CC3CC(C2)CC1C3. The molecule has 0 radical (unpaired) electrons. The van der Waals surface area contributed by atoms with E-state index in [0.29, 0.717) is 30.7 Å². The molecule has 9 nitrogen and oxygen atoms in total. The molecule has 206 valence electrons. The van der Waals surface area contributed by atoms with E-state index in [2.05, 4.69) is 5.32 Å². The van der Waals surface area contributed by atoms with Crippen LogP contribution in [0.3, 0.4) is 0 Å². The predicted octanol–water partition coefficient (Wildman–Crippen LogP) is 3.71. The molecule has 6 fully saturated rings. The van der Waals surface area contributed by atoms with Crippen molar-refractivity contribution >= 4 is 16.0 Å². The van der Waals surface area contributed by atoms with E-state index in [1.165, 1.54) is 44.2 Å². The van der Waals surface area contributed by atoms with Crippen LogP contribution in [0.5, 0.6) is 0 Å². The van der Waals surface area contributed by atoms with Crippen molar-refractivity contribution in [1.82, 2.24) is 5.32 Å². The lowest BCUT2D eigenvalue weighted by Gasteiger charge is -2.57. The van der Waals surface area contributed by atoms with Crippen LogP contribution >= 0.6 is 0 Å². The van der Waals surface area contributed by atoms with Crippen molar-refractivity contribution in [2.45, 2.75) is 87.6 Å². The van der Waals surface area contributed by atoms with Crippen molar-refractivity contribution < 1.29 is 32.3 Å². The van der Waals surface area contributed by atoms with E-state index in [4.69, 9.17) is 24.8 Å². The highest BCUT2D eigenvalue weighted by atomic mass is 32.2. The monoisotopic (exact) mass is 536 g/mol. The van der Waals surface area contributed by atoms with Gasteiger partial charge in [0.25, 0.3) is 10.1 Å². The van der Waals surface area contributed by atoms with Crippen LogP contribution in [0.25, 0.3) is 0 Å². The summed E-state index contributed by atoms with van der Waals surface area (Å²) < 4.78 is 36.3. The van der Waals surface area contributed by atoms with E-state index in [0.717, 1.165) is 49.6 Å². The third kappa shape index (κ3) is 5.74. The Balaban J connectivity index is 0.000000215. The maximum absolute atomic E-state index is 11.6. The zero-order valence-corrected chi connectivity index (χ0v) is 22.4. The summed E-state index contributed by atoms with van der Waals surface area (Å²) >= 11 is 0. The highest BCUT2D eigenvalue weighted by molar-refractivity contribution is 7.85. The summed E-state index contributed by atoms with van der Waals surface area (Å²) in [5.74, 6) is 2.35. The van der Waals surface area contributed by atoms with Gasteiger partial charge >= 0.3 is 0 Å². The minimum absolute atomic E-state index is 0.0528. The number of carbonyl (C=O) groups is 1. The number of aryl methyl sites for hydroxylation is 1. The lowest BCUT2D eigenvalue weighted by molar-refractivity contribution is -0.390. The van der Waals surface area contributed by atoms with Gasteiger partial charge in [0.1, 0.15) is 0 Å². The normalized spacial score (nSPS) is 38.0. The number of nitrogens with two attached hydrogens (primary N) is 1. The van der Waals surface area contributed by atoms with Crippen LogP contribution in [0.2, 0.25) is 0 Å². The Bertz CT molecular complexity index is 1040. The molecule has 1 saturated heterocycles. The fraction of sp³-hybridized carbons (Fsp3) is 0.741. The molecular weight excluding hydrogens is 496 g/mol. The molecule has 5 saturated carbocycles. The van der Waals surface area contributed by atoms with Crippen molar-refractivity contribution in [3.8, 4) is 0 Å². The first kappa shape index (κ1) is 27.0. The van der Waals surface area contributed by atoms with E-state index in [1.54, 1.807) is 12.1 Å². The summed E-state index contributed by atoms with van der Waals surface area (Å²) in [6.07, 6.45) is 10.6. The van der Waals surface area contributed by atoms with E-state index in [9.17, 15) is 13.2 Å². The Morgan fingerprint density at radius 1 is 1.03 bits per heavy atom. The zero-order chi connectivity index (χ0) is 26.3. The fourth-order valence-electron chi connectivity index (χ4n) is 7.30. The summed E-state index contributed by atoms with van der Waals surface area (Å²) in [6.45, 7) is 2.98. The molecule has 1 aliphatic heterocycles. The van der Waals surface area contributed by atoms with Crippen molar-refractivity contribution in [2.24, 2.45) is 35.3 Å². The second-order valence-electron chi connectivity index (χ2n) is 11.8. The summed E-state index contributed by atoms with van der Waals surface area (Å²) in [7, 11) is -4.02. The van der Waals surface area contributed by atoms with Crippen LogP contribution in [-0.2, 0) is 29.4 Å². The van der Waals surface area contributed by atoms with Gasteiger partial charge in [0.2, 0.25) is 17.5 Å². The molecule has 1 aromatic carbocycles. The van der Waals surface area contributed by atoms with Crippen molar-refractivity contribution in [3.05, 3.63) is 29.8 Å². The third-order valence-electron chi connectivity index (χ3n) is 9.09. The van der Waals surface area contributed by atoms with Gasteiger partial charge in [0.05, 0.1) is 4.90 Å². The van der Waals surface area contributed by atoms with Gasteiger partial charge in [0, 0.05) is 44.2 Å². The summed E-state index contributed by atoms with van der Waals surface area (Å²) in [5.41, 5.74) is 6.38. The fourth-order valence-corrected chi connectivity index (χ4v) is 7.78. The molecular formula is C27H40N2O7S. The molecule has 10 heteroatoms. The molecule has 0 unspecified atom stereocenters. The average Bonchev–Trinajstić information content (AvgIpc) is 3.22. The summed E-state index contributed by atoms with van der Waals surface area (Å²) in [4.78, 5) is 23.6.